The molecule has 1 amide bonds. The lowest BCUT2D eigenvalue weighted by Gasteiger charge is -2.38. The van der Waals surface area contributed by atoms with Gasteiger partial charge in [0, 0.05) is 18.9 Å². The summed E-state index contributed by atoms with van der Waals surface area (Å²) in [6, 6.07) is 19.1. The lowest BCUT2D eigenvalue weighted by Crippen LogP contribution is -2.55. The Balaban J connectivity index is 1.82. The first-order chi connectivity index (χ1) is 11.2. The van der Waals surface area contributed by atoms with Crippen LogP contribution < -0.4 is 0 Å². The number of carboxylic acids is 1. The zero-order valence-electron chi connectivity index (χ0n) is 12.8. The Bertz CT molecular complexity index is 645. The summed E-state index contributed by atoms with van der Waals surface area (Å²) in [7, 11) is 0. The van der Waals surface area contributed by atoms with Gasteiger partial charge in [0.1, 0.15) is 6.04 Å². The molecule has 118 valence electrons. The van der Waals surface area contributed by atoms with Gasteiger partial charge in [-0.1, -0.05) is 60.7 Å². The molecule has 23 heavy (non-hydrogen) atoms. The predicted molar refractivity (Wildman–Crippen MR) is 87.1 cm³/mol. The van der Waals surface area contributed by atoms with Gasteiger partial charge in [0.15, 0.2) is 0 Å². The van der Waals surface area contributed by atoms with Gasteiger partial charge in [-0.05, 0) is 17.5 Å². The minimum Gasteiger partial charge on any atom is -0.480 e. The van der Waals surface area contributed by atoms with Crippen molar-refractivity contribution in [3.63, 3.8) is 0 Å². The molecule has 1 saturated heterocycles. The topological polar surface area (TPSA) is 57.6 Å². The molecule has 0 saturated carbocycles. The van der Waals surface area contributed by atoms with E-state index in [0.717, 1.165) is 11.1 Å². The number of rotatable bonds is 5. The Morgan fingerprint density at radius 1 is 1.00 bits per heavy atom. The Morgan fingerprint density at radius 2 is 1.52 bits per heavy atom. The van der Waals surface area contributed by atoms with Gasteiger partial charge in [0.05, 0.1) is 0 Å². The molecule has 0 aromatic heterocycles. The Labute approximate surface area is 135 Å². The summed E-state index contributed by atoms with van der Waals surface area (Å²) < 4.78 is 0. The Hall–Kier alpha value is -2.62. The molecule has 4 nitrogen and oxygen atoms in total. The molecule has 0 radical (unpaired) electrons. The summed E-state index contributed by atoms with van der Waals surface area (Å²) in [5.74, 6) is -1.07. The third-order valence-electron chi connectivity index (χ3n) is 4.41. The highest BCUT2D eigenvalue weighted by molar-refractivity contribution is 5.86. The lowest BCUT2D eigenvalue weighted by atomic mass is 9.87. The molecular weight excluding hydrogens is 290 g/mol. The minimum atomic E-state index is -0.916. The molecule has 2 aromatic rings. The molecule has 0 aliphatic carbocycles. The molecule has 1 heterocycles. The van der Waals surface area contributed by atoms with Crippen LogP contribution in [0.3, 0.4) is 0 Å². The second-order valence-electron chi connectivity index (χ2n) is 5.81. The van der Waals surface area contributed by atoms with Gasteiger partial charge in [-0.15, -0.1) is 0 Å². The highest BCUT2D eigenvalue weighted by Crippen LogP contribution is 2.30. The summed E-state index contributed by atoms with van der Waals surface area (Å²) in [5.41, 5.74) is 2.14. The van der Waals surface area contributed by atoms with Crippen molar-refractivity contribution in [1.29, 1.82) is 0 Å². The van der Waals surface area contributed by atoms with Crippen LogP contribution in [0.4, 0.5) is 0 Å². The monoisotopic (exact) mass is 309 g/mol. The van der Waals surface area contributed by atoms with E-state index < -0.39 is 12.0 Å². The Morgan fingerprint density at radius 3 is 1.91 bits per heavy atom. The number of benzene rings is 2. The number of aliphatic carboxylic acids is 1. The van der Waals surface area contributed by atoms with Crippen molar-refractivity contribution in [2.24, 2.45) is 0 Å². The van der Waals surface area contributed by atoms with Crippen molar-refractivity contribution in [2.45, 2.75) is 24.8 Å². The highest BCUT2D eigenvalue weighted by Gasteiger charge is 2.38. The van der Waals surface area contributed by atoms with Gasteiger partial charge in [0.25, 0.3) is 0 Å². The molecule has 1 atom stereocenters. The molecular formula is C19H19NO3. The molecule has 1 unspecified atom stereocenters. The quantitative estimate of drug-likeness (QED) is 0.924. The third-order valence-corrected chi connectivity index (χ3v) is 4.41. The second kappa shape index (κ2) is 6.65. The van der Waals surface area contributed by atoms with E-state index in [4.69, 9.17) is 5.11 Å². The zero-order chi connectivity index (χ0) is 16.2. The molecule has 0 spiro atoms. The van der Waals surface area contributed by atoms with Gasteiger partial charge in [-0.3, -0.25) is 4.79 Å². The summed E-state index contributed by atoms with van der Waals surface area (Å²) in [6.45, 7) is 0.534. The predicted octanol–water partition coefficient (Wildman–Crippen LogP) is 2.89. The van der Waals surface area contributed by atoms with Gasteiger partial charge >= 0.3 is 5.97 Å². The maximum absolute atomic E-state index is 12.6. The molecule has 4 heteroatoms. The first-order valence-corrected chi connectivity index (χ1v) is 7.79. The minimum absolute atomic E-state index is 0.0556. The van der Waals surface area contributed by atoms with E-state index in [1.165, 1.54) is 4.90 Å². The van der Waals surface area contributed by atoms with E-state index in [2.05, 4.69) is 0 Å². The van der Waals surface area contributed by atoms with Crippen LogP contribution in [0.5, 0.6) is 0 Å². The average molecular weight is 309 g/mol. The van der Waals surface area contributed by atoms with Crippen molar-refractivity contribution in [3.8, 4) is 0 Å². The summed E-state index contributed by atoms with van der Waals surface area (Å²) >= 11 is 0. The number of carbonyl (C=O) groups excluding carboxylic acids is 1. The summed E-state index contributed by atoms with van der Waals surface area (Å²) in [5, 5.41) is 9.13. The molecule has 1 N–H and O–H groups in total. The van der Waals surface area contributed by atoms with E-state index in [1.807, 2.05) is 60.7 Å². The fraction of sp³-hybridized carbons (Fsp3) is 0.263. The van der Waals surface area contributed by atoms with Crippen molar-refractivity contribution in [2.75, 3.05) is 6.54 Å². The molecule has 0 bridgehead atoms. The van der Waals surface area contributed by atoms with E-state index >= 15 is 0 Å². The van der Waals surface area contributed by atoms with Gasteiger partial charge in [-0.2, -0.15) is 0 Å². The van der Waals surface area contributed by atoms with E-state index in [9.17, 15) is 9.59 Å². The van der Waals surface area contributed by atoms with Crippen LogP contribution in [-0.2, 0) is 9.59 Å². The fourth-order valence-electron chi connectivity index (χ4n) is 3.03. The number of amides is 1. The van der Waals surface area contributed by atoms with E-state index in [-0.39, 0.29) is 18.2 Å². The SMILES string of the molecule is O=C(O)C1CCN1C(=O)CC(c1ccccc1)c1ccccc1. The highest BCUT2D eigenvalue weighted by atomic mass is 16.4. The summed E-state index contributed by atoms with van der Waals surface area (Å²) in [6.07, 6.45) is 0.834. The average Bonchev–Trinajstić information content (AvgIpc) is 2.52. The van der Waals surface area contributed by atoms with Crippen molar-refractivity contribution in [1.82, 2.24) is 4.90 Å². The largest absolute Gasteiger partial charge is 0.480 e. The van der Waals surface area contributed by atoms with E-state index in [0.29, 0.717) is 13.0 Å². The number of carbonyl (C=O) groups is 2. The number of nitrogens with zero attached hydrogens (tertiary/aromatic N) is 1. The zero-order valence-corrected chi connectivity index (χ0v) is 12.8. The number of hydrogen-bond donors (Lipinski definition) is 1. The molecule has 1 aliphatic rings. The van der Waals surface area contributed by atoms with E-state index in [1.54, 1.807) is 0 Å². The van der Waals surface area contributed by atoms with Gasteiger partial charge in [-0.25, -0.2) is 4.79 Å². The molecule has 3 rings (SSSR count). The first-order valence-electron chi connectivity index (χ1n) is 7.79. The molecule has 1 aliphatic heterocycles. The maximum atomic E-state index is 12.6. The third kappa shape index (κ3) is 3.26. The van der Waals surface area contributed by atoms with Crippen LogP contribution in [0.25, 0.3) is 0 Å². The smallest absolute Gasteiger partial charge is 0.326 e. The molecule has 2 aromatic carbocycles. The lowest BCUT2D eigenvalue weighted by molar-refractivity contribution is -0.157. The van der Waals surface area contributed by atoms with Crippen molar-refractivity contribution in [3.05, 3.63) is 71.8 Å². The maximum Gasteiger partial charge on any atom is 0.326 e. The van der Waals surface area contributed by atoms with Crippen LogP contribution in [0.15, 0.2) is 60.7 Å². The van der Waals surface area contributed by atoms with Gasteiger partial charge < -0.3 is 10.0 Å². The number of carboxylic acid groups (broad SMARTS) is 1. The fourth-order valence-corrected chi connectivity index (χ4v) is 3.03. The summed E-state index contributed by atoms with van der Waals surface area (Å²) in [4.78, 5) is 25.2. The van der Waals surface area contributed by atoms with Crippen LogP contribution in [0, 0.1) is 0 Å². The number of hydrogen-bond acceptors (Lipinski definition) is 2. The van der Waals surface area contributed by atoms with Crippen LogP contribution >= 0.6 is 0 Å². The van der Waals surface area contributed by atoms with Crippen LogP contribution in [0.1, 0.15) is 29.9 Å². The van der Waals surface area contributed by atoms with Crippen molar-refractivity contribution >= 4 is 11.9 Å². The molecule has 1 fully saturated rings. The normalized spacial score (nSPS) is 16.9. The standard InChI is InChI=1S/C19H19NO3/c21-18(20-12-11-17(20)19(22)23)13-16(14-7-3-1-4-8-14)15-9-5-2-6-10-15/h1-10,16-17H,11-13H2,(H,22,23). The number of likely N-dealkylation sites (tertiary alicyclic amines) is 1. The van der Waals surface area contributed by atoms with Crippen LogP contribution in [0.2, 0.25) is 0 Å². The first kappa shape index (κ1) is 15.3. The van der Waals surface area contributed by atoms with Crippen LogP contribution in [-0.4, -0.2) is 34.5 Å². The second-order valence-corrected chi connectivity index (χ2v) is 5.81. The van der Waals surface area contributed by atoms with Gasteiger partial charge in [0.2, 0.25) is 5.91 Å². The van der Waals surface area contributed by atoms with Crippen molar-refractivity contribution < 1.29 is 14.7 Å². The Kier molecular flexibility index (Phi) is 4.42.